The molecule has 0 aliphatic rings. The van der Waals surface area contributed by atoms with Crippen LogP contribution in [0.4, 0.5) is 5.69 Å². The molecule has 0 spiro atoms. The second-order valence-electron chi connectivity index (χ2n) is 5.00. The Morgan fingerprint density at radius 1 is 1.13 bits per heavy atom. The molecule has 0 saturated heterocycles. The van der Waals surface area contributed by atoms with Crippen LogP contribution in [0.15, 0.2) is 64.9 Å². The molecule has 0 aliphatic heterocycles. The molecule has 1 aromatic heterocycles. The molecule has 0 saturated carbocycles. The van der Waals surface area contributed by atoms with Gasteiger partial charge in [0.25, 0.3) is 0 Å². The average molecular weight is 340 g/mol. The van der Waals surface area contributed by atoms with Crippen molar-refractivity contribution in [2.24, 2.45) is 0 Å². The third-order valence-corrected chi connectivity index (χ3v) is 5.12. The molecule has 0 radical (unpaired) electrons. The summed E-state index contributed by atoms with van der Waals surface area (Å²) in [5.41, 5.74) is 3.07. The molecule has 2 aromatic carbocycles. The first-order valence-electron chi connectivity index (χ1n) is 7.21. The van der Waals surface area contributed by atoms with Crippen LogP contribution in [0.5, 0.6) is 0 Å². The van der Waals surface area contributed by atoms with Gasteiger partial charge < -0.3 is 5.32 Å². The summed E-state index contributed by atoms with van der Waals surface area (Å²) in [6.07, 6.45) is 0. The lowest BCUT2D eigenvalue weighted by molar-refractivity contribution is -0.114. The number of thioether (sulfide) groups is 1. The van der Waals surface area contributed by atoms with Gasteiger partial charge in [-0.15, -0.1) is 23.1 Å². The summed E-state index contributed by atoms with van der Waals surface area (Å²) in [6.45, 7) is 1.51. The van der Waals surface area contributed by atoms with Gasteiger partial charge in [-0.3, -0.25) is 4.79 Å². The molecule has 23 heavy (non-hydrogen) atoms. The number of aromatic nitrogens is 1. The van der Waals surface area contributed by atoms with E-state index in [1.54, 1.807) is 23.1 Å². The first-order chi connectivity index (χ1) is 11.2. The van der Waals surface area contributed by atoms with Gasteiger partial charge in [0.1, 0.15) is 5.01 Å². The van der Waals surface area contributed by atoms with Gasteiger partial charge in [-0.2, -0.15) is 0 Å². The number of nitrogens with zero attached hydrogens (tertiary/aromatic N) is 1. The van der Waals surface area contributed by atoms with E-state index in [0.717, 1.165) is 32.6 Å². The van der Waals surface area contributed by atoms with Gasteiger partial charge in [0, 0.05) is 34.2 Å². The molecule has 5 heteroatoms. The Balaban J connectivity index is 1.60. The minimum absolute atomic E-state index is 0.0543. The lowest BCUT2D eigenvalue weighted by Gasteiger charge is -2.03. The highest BCUT2D eigenvalue weighted by molar-refractivity contribution is 7.98. The van der Waals surface area contributed by atoms with Crippen LogP contribution in [0.25, 0.3) is 10.6 Å². The number of hydrogen-bond donors (Lipinski definition) is 1. The second-order valence-corrected chi connectivity index (χ2v) is 6.91. The predicted molar refractivity (Wildman–Crippen MR) is 97.9 cm³/mol. The summed E-state index contributed by atoms with van der Waals surface area (Å²) in [4.78, 5) is 16.9. The molecule has 1 heterocycles. The summed E-state index contributed by atoms with van der Waals surface area (Å²) < 4.78 is 0. The minimum Gasteiger partial charge on any atom is -0.326 e. The summed E-state index contributed by atoms with van der Waals surface area (Å²) in [5, 5.41) is 5.94. The predicted octanol–water partition coefficient (Wildman–Crippen LogP) is 5.06. The van der Waals surface area contributed by atoms with Crippen LogP contribution in [0.2, 0.25) is 0 Å². The fourth-order valence-electron chi connectivity index (χ4n) is 2.08. The first kappa shape index (κ1) is 15.8. The van der Waals surface area contributed by atoms with E-state index in [4.69, 9.17) is 4.98 Å². The maximum atomic E-state index is 11.0. The molecule has 0 aliphatic carbocycles. The summed E-state index contributed by atoms with van der Waals surface area (Å²) in [6, 6.07) is 18.1. The molecule has 3 nitrogen and oxygen atoms in total. The van der Waals surface area contributed by atoms with Crippen LogP contribution in [-0.2, 0) is 10.5 Å². The van der Waals surface area contributed by atoms with Gasteiger partial charge >= 0.3 is 0 Å². The number of carbonyl (C=O) groups is 1. The number of nitrogens with one attached hydrogen (secondary N) is 1. The normalized spacial score (nSPS) is 10.5. The molecule has 3 aromatic rings. The molecule has 0 atom stereocenters. The average Bonchev–Trinajstić information content (AvgIpc) is 3.04. The second kappa shape index (κ2) is 7.44. The number of benzene rings is 2. The SMILES string of the molecule is CC(=O)Nc1ccc(SCc2csc(-c3ccccc3)n2)cc1. The fraction of sp³-hybridized carbons (Fsp3) is 0.111. The zero-order chi connectivity index (χ0) is 16.1. The Bertz CT molecular complexity index is 782. The maximum Gasteiger partial charge on any atom is 0.221 e. The topological polar surface area (TPSA) is 42.0 Å². The lowest BCUT2D eigenvalue weighted by Crippen LogP contribution is -2.05. The van der Waals surface area contributed by atoms with Gasteiger partial charge in [-0.1, -0.05) is 30.3 Å². The van der Waals surface area contributed by atoms with Crippen molar-refractivity contribution < 1.29 is 4.79 Å². The maximum absolute atomic E-state index is 11.0. The number of thiazole rings is 1. The van der Waals surface area contributed by atoms with Gasteiger partial charge in [-0.25, -0.2) is 4.98 Å². The van der Waals surface area contributed by atoms with Crippen LogP contribution in [0.1, 0.15) is 12.6 Å². The van der Waals surface area contributed by atoms with Crippen molar-refractivity contribution >= 4 is 34.7 Å². The smallest absolute Gasteiger partial charge is 0.221 e. The van der Waals surface area contributed by atoms with Crippen molar-refractivity contribution in [1.82, 2.24) is 4.98 Å². The van der Waals surface area contributed by atoms with Gasteiger partial charge in [0.2, 0.25) is 5.91 Å². The van der Waals surface area contributed by atoms with E-state index in [2.05, 4.69) is 22.8 Å². The summed E-state index contributed by atoms with van der Waals surface area (Å²) >= 11 is 3.42. The van der Waals surface area contributed by atoms with E-state index < -0.39 is 0 Å². The molecule has 0 fully saturated rings. The highest BCUT2D eigenvalue weighted by Crippen LogP contribution is 2.28. The Hall–Kier alpha value is -2.11. The van der Waals surface area contributed by atoms with E-state index in [-0.39, 0.29) is 5.91 Å². The van der Waals surface area contributed by atoms with Crippen LogP contribution in [-0.4, -0.2) is 10.9 Å². The fourth-order valence-corrected chi connectivity index (χ4v) is 3.80. The number of anilines is 1. The molecule has 0 bridgehead atoms. The number of rotatable bonds is 5. The van der Waals surface area contributed by atoms with Crippen molar-refractivity contribution in [3.05, 3.63) is 65.7 Å². The van der Waals surface area contributed by atoms with Crippen molar-refractivity contribution in [2.45, 2.75) is 17.6 Å². The van der Waals surface area contributed by atoms with E-state index in [1.165, 1.54) is 6.92 Å². The van der Waals surface area contributed by atoms with Crippen LogP contribution >= 0.6 is 23.1 Å². The van der Waals surface area contributed by atoms with Gasteiger partial charge in [0.15, 0.2) is 0 Å². The zero-order valence-electron chi connectivity index (χ0n) is 12.7. The van der Waals surface area contributed by atoms with E-state index in [1.807, 2.05) is 42.5 Å². The largest absolute Gasteiger partial charge is 0.326 e. The zero-order valence-corrected chi connectivity index (χ0v) is 14.3. The first-order valence-corrected chi connectivity index (χ1v) is 9.07. The third-order valence-electron chi connectivity index (χ3n) is 3.13. The van der Waals surface area contributed by atoms with Crippen molar-refractivity contribution in [2.75, 3.05) is 5.32 Å². The molecule has 1 amide bonds. The molecular weight excluding hydrogens is 324 g/mol. The quantitative estimate of drug-likeness (QED) is 0.660. The Morgan fingerprint density at radius 3 is 2.57 bits per heavy atom. The number of amides is 1. The van der Waals surface area contributed by atoms with E-state index in [0.29, 0.717) is 0 Å². The third kappa shape index (κ3) is 4.43. The standard InChI is InChI=1S/C18H16N2OS2/c1-13(21)19-15-7-9-17(10-8-15)22-11-16-12-23-18(20-16)14-5-3-2-4-6-14/h2-10,12H,11H2,1H3,(H,19,21). The monoisotopic (exact) mass is 340 g/mol. The summed E-state index contributed by atoms with van der Waals surface area (Å²) in [7, 11) is 0. The lowest BCUT2D eigenvalue weighted by atomic mass is 10.2. The van der Waals surface area contributed by atoms with Crippen molar-refractivity contribution in [1.29, 1.82) is 0 Å². The van der Waals surface area contributed by atoms with Crippen LogP contribution < -0.4 is 5.32 Å². The molecule has 0 unspecified atom stereocenters. The van der Waals surface area contributed by atoms with E-state index in [9.17, 15) is 4.79 Å². The van der Waals surface area contributed by atoms with Crippen molar-refractivity contribution in [3.63, 3.8) is 0 Å². The molecule has 116 valence electrons. The minimum atomic E-state index is -0.0543. The molecular formula is C18H16N2OS2. The van der Waals surface area contributed by atoms with Crippen LogP contribution in [0.3, 0.4) is 0 Å². The van der Waals surface area contributed by atoms with E-state index >= 15 is 0 Å². The Kier molecular flexibility index (Phi) is 5.10. The Labute approximate surface area is 143 Å². The highest BCUT2D eigenvalue weighted by atomic mass is 32.2. The molecule has 3 rings (SSSR count). The number of hydrogen-bond acceptors (Lipinski definition) is 4. The van der Waals surface area contributed by atoms with Gasteiger partial charge in [-0.05, 0) is 24.3 Å². The van der Waals surface area contributed by atoms with Crippen LogP contribution in [0, 0.1) is 0 Å². The van der Waals surface area contributed by atoms with Gasteiger partial charge in [0.05, 0.1) is 5.69 Å². The number of carbonyl (C=O) groups excluding carboxylic acids is 1. The summed E-state index contributed by atoms with van der Waals surface area (Å²) in [5.74, 6) is 0.782. The Morgan fingerprint density at radius 2 is 1.87 bits per heavy atom. The van der Waals surface area contributed by atoms with Crippen molar-refractivity contribution in [3.8, 4) is 10.6 Å². The highest BCUT2D eigenvalue weighted by Gasteiger charge is 2.05. The molecule has 1 N–H and O–H groups in total.